The molecule has 2 aromatic carbocycles. The molecule has 120 valence electrons. The summed E-state index contributed by atoms with van der Waals surface area (Å²) in [5.74, 6) is 0.252. The van der Waals surface area contributed by atoms with Gasteiger partial charge < -0.3 is 15.3 Å². The minimum atomic E-state index is -1.12. The van der Waals surface area contributed by atoms with Crippen LogP contribution in [-0.4, -0.2) is 21.9 Å². The first kappa shape index (κ1) is 18.5. The third-order valence-corrected chi connectivity index (χ3v) is 3.52. The highest BCUT2D eigenvalue weighted by Gasteiger charge is 2.21. The van der Waals surface area contributed by atoms with Crippen LogP contribution in [0.5, 0.6) is 5.75 Å². The maximum Gasteiger partial charge on any atom is 0.139 e. The van der Waals surface area contributed by atoms with Crippen molar-refractivity contribution in [3.8, 4) is 5.75 Å². The van der Waals surface area contributed by atoms with Crippen molar-refractivity contribution in [3.63, 3.8) is 0 Å². The first-order valence-corrected chi connectivity index (χ1v) is 6.97. The van der Waals surface area contributed by atoms with Crippen LogP contribution >= 0.6 is 12.4 Å². The van der Waals surface area contributed by atoms with Gasteiger partial charge in [-0.1, -0.05) is 36.4 Å². The molecule has 2 aromatic rings. The van der Waals surface area contributed by atoms with Gasteiger partial charge in [-0.25, -0.2) is 0 Å². The molecule has 5 heteroatoms. The number of rotatable bonds is 6. The van der Waals surface area contributed by atoms with E-state index in [4.69, 9.17) is 5.11 Å². The van der Waals surface area contributed by atoms with Crippen LogP contribution in [0, 0.1) is 0 Å². The van der Waals surface area contributed by atoms with Gasteiger partial charge in [0.25, 0.3) is 0 Å². The molecule has 0 aliphatic carbocycles. The van der Waals surface area contributed by atoms with Crippen LogP contribution in [0.3, 0.4) is 0 Å². The molecule has 22 heavy (non-hydrogen) atoms. The molecule has 0 aliphatic rings. The zero-order chi connectivity index (χ0) is 15.3. The molecule has 0 saturated carbocycles. The Morgan fingerprint density at radius 2 is 1.50 bits per heavy atom. The fourth-order valence-corrected chi connectivity index (χ4v) is 2.15. The molecule has 0 bridgehead atoms. The first-order chi connectivity index (χ1) is 10.0. The van der Waals surface area contributed by atoms with Crippen LogP contribution in [0.4, 0.5) is 0 Å². The Morgan fingerprint density at radius 3 is 2.05 bits per heavy atom. The van der Waals surface area contributed by atoms with Gasteiger partial charge in [0.05, 0.1) is 6.61 Å². The van der Waals surface area contributed by atoms with Crippen LogP contribution in [0.15, 0.2) is 48.5 Å². The Kier molecular flexibility index (Phi) is 6.84. The number of halogens is 1. The van der Waals surface area contributed by atoms with Crippen molar-refractivity contribution in [2.45, 2.75) is 25.7 Å². The predicted molar refractivity (Wildman–Crippen MR) is 89.0 cm³/mol. The van der Waals surface area contributed by atoms with Crippen LogP contribution in [-0.2, 0) is 18.8 Å². The number of aliphatic hydroxyl groups excluding tert-OH is 1. The number of aliphatic hydroxyl groups is 2. The molecule has 0 fully saturated rings. The van der Waals surface area contributed by atoms with Crippen molar-refractivity contribution in [3.05, 3.63) is 65.2 Å². The average molecular weight is 324 g/mol. The predicted octanol–water partition coefficient (Wildman–Crippen LogP) is 2.30. The van der Waals surface area contributed by atoms with E-state index in [1.54, 1.807) is 43.3 Å². The molecule has 1 atom stereocenters. The normalized spacial score (nSPS) is 13.2. The van der Waals surface area contributed by atoms with Gasteiger partial charge in [0.1, 0.15) is 11.5 Å². The second-order valence-electron chi connectivity index (χ2n) is 5.27. The molecule has 0 heterocycles. The summed E-state index contributed by atoms with van der Waals surface area (Å²) in [6.07, 6.45) is 0.755. The van der Waals surface area contributed by atoms with Crippen molar-refractivity contribution in [2.75, 3.05) is 6.54 Å². The minimum Gasteiger partial charge on any atom is -0.508 e. The highest BCUT2D eigenvalue weighted by atomic mass is 35.5. The second-order valence-corrected chi connectivity index (χ2v) is 5.27. The fourth-order valence-electron chi connectivity index (χ4n) is 2.15. The quantitative estimate of drug-likeness (QED) is 0.616. The van der Waals surface area contributed by atoms with Gasteiger partial charge in [0.15, 0.2) is 0 Å². The molecule has 4 N–H and O–H groups in total. The summed E-state index contributed by atoms with van der Waals surface area (Å²) in [6.45, 7) is 2.31. The molecule has 0 saturated heterocycles. The zero-order valence-corrected chi connectivity index (χ0v) is 13.3. The second kappa shape index (κ2) is 8.15. The van der Waals surface area contributed by atoms with Crippen molar-refractivity contribution in [1.29, 1.82) is 0 Å². The van der Waals surface area contributed by atoms with Gasteiger partial charge in [0.2, 0.25) is 0 Å². The lowest BCUT2D eigenvalue weighted by Crippen LogP contribution is -2.40. The van der Waals surface area contributed by atoms with Gasteiger partial charge >= 0.3 is 0 Å². The number of phenols is 1. The number of aromatic hydroxyl groups is 1. The van der Waals surface area contributed by atoms with E-state index in [-0.39, 0.29) is 24.8 Å². The summed E-state index contributed by atoms with van der Waals surface area (Å²) in [6, 6.07) is 14.2. The fraction of sp³-hybridized carbons (Fsp3) is 0.294. The average Bonchev–Trinajstić information content (AvgIpc) is 2.49. The smallest absolute Gasteiger partial charge is 0.139 e. The van der Waals surface area contributed by atoms with E-state index < -0.39 is 5.72 Å². The Balaban J connectivity index is 0.00000242. The lowest BCUT2D eigenvalue weighted by atomic mass is 10.0. The summed E-state index contributed by atoms with van der Waals surface area (Å²) < 4.78 is 0. The molecule has 0 aromatic heterocycles. The lowest BCUT2D eigenvalue weighted by molar-refractivity contribution is 0.0206. The molecule has 0 spiro atoms. The van der Waals surface area contributed by atoms with Crippen molar-refractivity contribution in [1.82, 2.24) is 5.32 Å². The number of phenolic OH excluding ortho intramolecular Hbond substituents is 1. The van der Waals surface area contributed by atoms with Crippen LogP contribution in [0.2, 0.25) is 0 Å². The Hall–Kier alpha value is -1.59. The van der Waals surface area contributed by atoms with E-state index in [9.17, 15) is 10.2 Å². The van der Waals surface area contributed by atoms with E-state index in [0.717, 1.165) is 23.1 Å². The SMILES string of the molecule is CC(O)(NCCc1ccc(O)cc1)c1ccc(CO)cc1.Cl. The maximum atomic E-state index is 10.5. The molecule has 2 rings (SSSR count). The standard InChI is InChI=1S/C17H21NO3.ClH/c1-17(21,15-6-2-14(12-19)3-7-15)18-11-10-13-4-8-16(20)9-5-13;/h2-9,18-21H,10-12H2,1H3;1H. The number of nitrogens with one attached hydrogen (secondary N) is 1. The molecule has 0 amide bonds. The molecular formula is C17H22ClNO3. The van der Waals surface area contributed by atoms with Crippen LogP contribution < -0.4 is 5.32 Å². The van der Waals surface area contributed by atoms with Gasteiger partial charge in [-0.05, 0) is 42.2 Å². The molecule has 1 unspecified atom stereocenters. The Morgan fingerprint density at radius 1 is 0.955 bits per heavy atom. The van der Waals surface area contributed by atoms with Crippen molar-refractivity contribution in [2.24, 2.45) is 0 Å². The first-order valence-electron chi connectivity index (χ1n) is 6.97. The largest absolute Gasteiger partial charge is 0.508 e. The molecular weight excluding hydrogens is 302 g/mol. The van der Waals surface area contributed by atoms with Crippen LogP contribution in [0.25, 0.3) is 0 Å². The number of hydrogen-bond acceptors (Lipinski definition) is 4. The van der Waals surface area contributed by atoms with Crippen molar-refractivity contribution < 1.29 is 15.3 Å². The lowest BCUT2D eigenvalue weighted by Gasteiger charge is -2.25. The Labute approximate surface area is 136 Å². The molecule has 4 nitrogen and oxygen atoms in total. The molecule has 0 aliphatic heterocycles. The summed E-state index contributed by atoms with van der Waals surface area (Å²) >= 11 is 0. The van der Waals surface area contributed by atoms with Crippen LogP contribution in [0.1, 0.15) is 23.6 Å². The maximum absolute atomic E-state index is 10.5. The van der Waals surface area contributed by atoms with E-state index in [0.29, 0.717) is 6.54 Å². The third kappa shape index (κ3) is 5.00. The summed E-state index contributed by atoms with van der Waals surface area (Å²) in [7, 11) is 0. The highest BCUT2D eigenvalue weighted by Crippen LogP contribution is 2.18. The van der Waals surface area contributed by atoms with Gasteiger partial charge in [-0.2, -0.15) is 0 Å². The van der Waals surface area contributed by atoms with E-state index in [2.05, 4.69) is 5.32 Å². The monoisotopic (exact) mass is 323 g/mol. The van der Waals surface area contributed by atoms with Gasteiger partial charge in [-0.3, -0.25) is 5.32 Å². The topological polar surface area (TPSA) is 72.7 Å². The summed E-state index contributed by atoms with van der Waals surface area (Å²) in [5.41, 5.74) is 1.54. The summed E-state index contributed by atoms with van der Waals surface area (Å²) in [4.78, 5) is 0. The van der Waals surface area contributed by atoms with Gasteiger partial charge in [0, 0.05) is 6.54 Å². The van der Waals surface area contributed by atoms with E-state index in [1.165, 1.54) is 0 Å². The number of benzene rings is 2. The zero-order valence-electron chi connectivity index (χ0n) is 12.5. The third-order valence-electron chi connectivity index (χ3n) is 3.52. The number of hydrogen-bond donors (Lipinski definition) is 4. The van der Waals surface area contributed by atoms with Gasteiger partial charge in [-0.15, -0.1) is 12.4 Å². The van der Waals surface area contributed by atoms with E-state index >= 15 is 0 Å². The Bertz CT molecular complexity index is 567. The molecule has 0 radical (unpaired) electrons. The minimum absolute atomic E-state index is 0. The summed E-state index contributed by atoms with van der Waals surface area (Å²) in [5, 5.41) is 31.8. The van der Waals surface area contributed by atoms with E-state index in [1.807, 2.05) is 12.1 Å². The van der Waals surface area contributed by atoms with Crippen molar-refractivity contribution >= 4 is 12.4 Å². The highest BCUT2D eigenvalue weighted by molar-refractivity contribution is 5.85.